The van der Waals surface area contributed by atoms with Crippen molar-refractivity contribution in [2.24, 2.45) is 0 Å². The van der Waals surface area contributed by atoms with Crippen LogP contribution in [0.15, 0.2) is 47.5 Å². The Labute approximate surface area is 180 Å². The number of nitrogens with zero attached hydrogens (tertiary/aromatic N) is 2. The van der Waals surface area contributed by atoms with Crippen LogP contribution in [0.5, 0.6) is 0 Å². The SMILES string of the molecule is O=C(Nc1cc(Cl)c(-c2ccnc(F)c2)cc1F)N1[C@H]2CC[C@@H]1c1c[nH]c(=O)cc1C2. The van der Waals surface area contributed by atoms with Gasteiger partial charge in [0, 0.05) is 36.1 Å². The second kappa shape index (κ2) is 7.46. The van der Waals surface area contributed by atoms with Crippen molar-refractivity contribution in [1.82, 2.24) is 14.9 Å². The second-order valence-electron chi connectivity index (χ2n) is 7.75. The number of hydrogen-bond donors (Lipinski definition) is 2. The number of anilines is 1. The highest BCUT2D eigenvalue weighted by Crippen LogP contribution is 2.43. The molecule has 2 N–H and O–H groups in total. The largest absolute Gasteiger partial charge is 0.329 e. The van der Waals surface area contributed by atoms with Gasteiger partial charge in [-0.15, -0.1) is 0 Å². The van der Waals surface area contributed by atoms with E-state index in [2.05, 4.69) is 15.3 Å². The zero-order chi connectivity index (χ0) is 21.7. The normalized spacial score (nSPS) is 19.3. The van der Waals surface area contributed by atoms with Gasteiger partial charge in [-0.1, -0.05) is 11.6 Å². The zero-order valence-electron chi connectivity index (χ0n) is 16.2. The minimum absolute atomic E-state index is 0.0556. The Morgan fingerprint density at radius 3 is 2.87 bits per heavy atom. The molecule has 1 saturated heterocycles. The van der Waals surface area contributed by atoms with E-state index in [4.69, 9.17) is 11.6 Å². The van der Waals surface area contributed by atoms with Crippen molar-refractivity contribution < 1.29 is 13.6 Å². The van der Waals surface area contributed by atoms with E-state index in [9.17, 15) is 18.4 Å². The van der Waals surface area contributed by atoms with E-state index in [0.29, 0.717) is 17.5 Å². The predicted octanol–water partition coefficient (Wildman–Crippen LogP) is 4.66. The Bertz CT molecular complexity index is 1260. The van der Waals surface area contributed by atoms with Crippen LogP contribution in [0.2, 0.25) is 5.02 Å². The number of urea groups is 1. The molecule has 0 unspecified atom stereocenters. The number of aromatic amines is 1. The number of nitrogens with one attached hydrogen (secondary N) is 2. The number of H-pyrrole nitrogens is 1. The molecule has 2 aliphatic rings. The molecule has 0 spiro atoms. The van der Waals surface area contributed by atoms with Crippen LogP contribution in [0.1, 0.15) is 30.0 Å². The first-order valence-electron chi connectivity index (χ1n) is 9.82. The highest BCUT2D eigenvalue weighted by molar-refractivity contribution is 6.33. The van der Waals surface area contributed by atoms with Crippen LogP contribution in [0.4, 0.5) is 19.3 Å². The van der Waals surface area contributed by atoms with E-state index in [1.54, 1.807) is 17.2 Å². The van der Waals surface area contributed by atoms with Crippen LogP contribution in [-0.2, 0) is 6.42 Å². The second-order valence-corrected chi connectivity index (χ2v) is 8.15. The fourth-order valence-corrected chi connectivity index (χ4v) is 4.85. The van der Waals surface area contributed by atoms with Gasteiger partial charge in [-0.05, 0) is 54.2 Å². The lowest BCUT2D eigenvalue weighted by Gasteiger charge is -2.36. The fraction of sp³-hybridized carbons (Fsp3) is 0.227. The lowest BCUT2D eigenvalue weighted by Crippen LogP contribution is -2.44. The Kier molecular flexibility index (Phi) is 4.74. The first-order chi connectivity index (χ1) is 14.9. The Hall–Kier alpha value is -3.26. The van der Waals surface area contributed by atoms with Gasteiger partial charge in [-0.25, -0.2) is 14.2 Å². The van der Waals surface area contributed by atoms with Crippen molar-refractivity contribution in [3.8, 4) is 11.1 Å². The van der Waals surface area contributed by atoms with Crippen LogP contribution in [0.25, 0.3) is 11.1 Å². The van der Waals surface area contributed by atoms with Gasteiger partial charge < -0.3 is 15.2 Å². The van der Waals surface area contributed by atoms with Crippen molar-refractivity contribution in [1.29, 1.82) is 0 Å². The van der Waals surface area contributed by atoms with Crippen LogP contribution in [0.3, 0.4) is 0 Å². The molecule has 2 atom stereocenters. The minimum atomic E-state index is -0.700. The summed E-state index contributed by atoms with van der Waals surface area (Å²) in [6.45, 7) is 0. The van der Waals surface area contributed by atoms with Gasteiger partial charge in [0.1, 0.15) is 5.82 Å². The van der Waals surface area contributed by atoms with Crippen molar-refractivity contribution in [2.75, 3.05) is 5.32 Å². The molecule has 1 aromatic carbocycles. The highest BCUT2D eigenvalue weighted by atomic mass is 35.5. The molecule has 0 aliphatic carbocycles. The zero-order valence-corrected chi connectivity index (χ0v) is 16.9. The van der Waals surface area contributed by atoms with Crippen molar-refractivity contribution in [3.63, 3.8) is 0 Å². The van der Waals surface area contributed by atoms with Gasteiger partial charge >= 0.3 is 6.03 Å². The third-order valence-corrected chi connectivity index (χ3v) is 6.25. The van der Waals surface area contributed by atoms with Crippen LogP contribution < -0.4 is 10.9 Å². The number of rotatable bonds is 2. The Morgan fingerprint density at radius 2 is 2.06 bits per heavy atom. The molecule has 2 aromatic heterocycles. The molecular weight excluding hydrogens is 426 g/mol. The number of carbonyl (C=O) groups is 1. The maximum atomic E-state index is 14.8. The maximum absolute atomic E-state index is 14.8. The molecule has 9 heteroatoms. The quantitative estimate of drug-likeness (QED) is 0.566. The molecule has 31 heavy (non-hydrogen) atoms. The number of halogens is 3. The predicted molar refractivity (Wildman–Crippen MR) is 112 cm³/mol. The number of fused-ring (bicyclic) bond motifs is 4. The summed E-state index contributed by atoms with van der Waals surface area (Å²) in [5, 5.41) is 2.80. The molecule has 2 bridgehead atoms. The summed E-state index contributed by atoms with van der Waals surface area (Å²) in [5.41, 5.74) is 2.32. The van der Waals surface area contributed by atoms with Crippen LogP contribution in [0, 0.1) is 11.8 Å². The summed E-state index contributed by atoms with van der Waals surface area (Å²) < 4.78 is 28.2. The average Bonchev–Trinajstić information content (AvgIpc) is 3.05. The van der Waals surface area contributed by atoms with Crippen molar-refractivity contribution >= 4 is 23.3 Å². The lowest BCUT2D eigenvalue weighted by atomic mass is 9.95. The summed E-state index contributed by atoms with van der Waals surface area (Å²) in [5.74, 6) is -1.38. The first-order valence-corrected chi connectivity index (χ1v) is 10.2. The number of pyridine rings is 2. The average molecular weight is 443 g/mol. The van der Waals surface area contributed by atoms with Crippen molar-refractivity contribution in [3.05, 3.63) is 81.0 Å². The van der Waals surface area contributed by atoms with Gasteiger partial charge in [0.25, 0.3) is 0 Å². The number of hydrogen-bond acceptors (Lipinski definition) is 3. The van der Waals surface area contributed by atoms with Gasteiger partial charge in [0.15, 0.2) is 0 Å². The molecule has 158 valence electrons. The molecule has 2 aliphatic heterocycles. The van der Waals surface area contributed by atoms with Gasteiger partial charge in [0.2, 0.25) is 11.5 Å². The molecule has 4 heterocycles. The smallest absolute Gasteiger partial charge is 0.322 e. The molecular formula is C22H17ClF2N4O2. The van der Waals surface area contributed by atoms with E-state index < -0.39 is 17.8 Å². The number of carbonyl (C=O) groups excluding carboxylic acids is 1. The first kappa shape index (κ1) is 19.7. The maximum Gasteiger partial charge on any atom is 0.322 e. The summed E-state index contributed by atoms with van der Waals surface area (Å²) >= 11 is 6.30. The number of aromatic nitrogens is 2. The molecule has 1 fully saturated rings. The highest BCUT2D eigenvalue weighted by Gasteiger charge is 2.42. The Balaban J connectivity index is 1.42. The third kappa shape index (κ3) is 3.46. The van der Waals surface area contributed by atoms with Gasteiger partial charge in [0.05, 0.1) is 16.8 Å². The minimum Gasteiger partial charge on any atom is -0.329 e. The van der Waals surface area contributed by atoms with E-state index in [-0.39, 0.29) is 28.4 Å². The van der Waals surface area contributed by atoms with E-state index in [1.807, 2.05) is 0 Å². The van der Waals surface area contributed by atoms with Crippen LogP contribution in [-0.4, -0.2) is 26.9 Å². The van der Waals surface area contributed by atoms with Crippen LogP contribution >= 0.6 is 11.6 Å². The summed E-state index contributed by atoms with van der Waals surface area (Å²) in [4.78, 5) is 32.5. The van der Waals surface area contributed by atoms with E-state index in [1.165, 1.54) is 18.3 Å². The summed E-state index contributed by atoms with van der Waals surface area (Å²) in [6, 6.07) is 6.08. The molecule has 3 aromatic rings. The molecule has 0 radical (unpaired) electrons. The molecule has 2 amide bonds. The van der Waals surface area contributed by atoms with Crippen molar-refractivity contribution in [2.45, 2.75) is 31.3 Å². The summed E-state index contributed by atoms with van der Waals surface area (Å²) in [6.07, 6.45) is 5.08. The Morgan fingerprint density at radius 1 is 1.23 bits per heavy atom. The lowest BCUT2D eigenvalue weighted by molar-refractivity contribution is 0.179. The van der Waals surface area contributed by atoms with Gasteiger partial charge in [-0.3, -0.25) is 4.79 Å². The van der Waals surface area contributed by atoms with E-state index in [0.717, 1.165) is 36.1 Å². The standard InChI is InChI=1S/C22H17ClF2N4O2/c23-16-9-18(17(24)8-14(16)11-3-4-26-20(25)6-11)28-22(31)29-13-1-2-19(29)15-10-27-21(30)7-12(15)5-13/h3-4,6-10,13,19H,1-2,5H2,(H,27,30)(H,28,31)/t13-,19+/m0/s1. The molecule has 6 nitrogen and oxygen atoms in total. The third-order valence-electron chi connectivity index (χ3n) is 5.93. The summed E-state index contributed by atoms with van der Waals surface area (Å²) in [7, 11) is 0. The molecule has 0 saturated carbocycles. The molecule has 5 rings (SSSR count). The fourth-order valence-electron chi connectivity index (χ4n) is 4.58. The number of amides is 2. The number of benzene rings is 1. The monoisotopic (exact) mass is 442 g/mol. The topological polar surface area (TPSA) is 78.1 Å². The van der Waals surface area contributed by atoms with Gasteiger partial charge in [-0.2, -0.15) is 4.39 Å². The van der Waals surface area contributed by atoms with E-state index >= 15 is 0 Å².